The van der Waals surface area contributed by atoms with E-state index in [1.807, 2.05) is 4.90 Å². The average Bonchev–Trinajstić information content (AvgIpc) is 3.35. The molecule has 4 aromatic rings. The first kappa shape index (κ1) is 26.2. The maximum absolute atomic E-state index is 16.1. The van der Waals surface area contributed by atoms with Gasteiger partial charge in [-0.25, -0.2) is 41.7 Å². The van der Waals surface area contributed by atoms with Crippen LogP contribution in [0.4, 0.5) is 18.3 Å². The van der Waals surface area contributed by atoms with Crippen LogP contribution in [-0.4, -0.2) is 49.7 Å². The van der Waals surface area contributed by atoms with Gasteiger partial charge in [0.1, 0.15) is 22.4 Å². The second-order valence-corrected chi connectivity index (χ2v) is 10.8. The highest BCUT2D eigenvalue weighted by atomic mass is 32.2. The van der Waals surface area contributed by atoms with Crippen molar-refractivity contribution in [2.24, 2.45) is 10.9 Å². The molecule has 9 nitrogen and oxygen atoms in total. The third-order valence-corrected chi connectivity index (χ3v) is 7.92. The maximum atomic E-state index is 16.1. The number of hydrogen-bond donors (Lipinski definition) is 2. The van der Waals surface area contributed by atoms with Gasteiger partial charge in [0.05, 0.1) is 36.0 Å². The van der Waals surface area contributed by atoms with Crippen LogP contribution in [0.2, 0.25) is 0 Å². The molecule has 198 valence electrons. The molecule has 0 spiro atoms. The fourth-order valence-electron chi connectivity index (χ4n) is 4.07. The summed E-state index contributed by atoms with van der Waals surface area (Å²) in [5.41, 5.74) is 5.43. The van der Waals surface area contributed by atoms with Gasteiger partial charge in [0.25, 0.3) is 0 Å². The topological polar surface area (TPSA) is 137 Å². The van der Waals surface area contributed by atoms with Crippen LogP contribution in [0.15, 0.2) is 47.5 Å². The molecule has 38 heavy (non-hydrogen) atoms. The molecular formula is C24H21F3N6O3S2. The molecule has 4 N–H and O–H groups in total. The Labute approximate surface area is 220 Å². The van der Waals surface area contributed by atoms with E-state index in [2.05, 4.69) is 9.97 Å². The molecule has 1 aliphatic heterocycles. The molecular weight excluding hydrogens is 541 g/mol. The minimum atomic E-state index is -4.61. The summed E-state index contributed by atoms with van der Waals surface area (Å²) in [5.74, 6) is -3.00. The smallest absolute Gasteiger partial charge is 0.241 e. The highest BCUT2D eigenvalue weighted by Crippen LogP contribution is 2.42. The van der Waals surface area contributed by atoms with Crippen molar-refractivity contribution < 1.29 is 26.3 Å². The Morgan fingerprint density at radius 1 is 1.00 bits per heavy atom. The number of rotatable bonds is 6. The van der Waals surface area contributed by atoms with Gasteiger partial charge in [0, 0.05) is 36.0 Å². The Kier molecular flexibility index (Phi) is 7.15. The predicted molar refractivity (Wildman–Crippen MR) is 136 cm³/mol. The minimum Gasteiger partial charge on any atom is -0.378 e. The fourth-order valence-corrected chi connectivity index (χ4v) is 5.81. The molecule has 2 aromatic carbocycles. The molecule has 1 aliphatic rings. The second kappa shape index (κ2) is 10.4. The van der Waals surface area contributed by atoms with Crippen LogP contribution in [0, 0.1) is 17.5 Å². The number of halogens is 3. The summed E-state index contributed by atoms with van der Waals surface area (Å²) in [6.45, 7) is 2.26. The minimum absolute atomic E-state index is 0.0120. The molecule has 0 aliphatic carbocycles. The number of primary sulfonamides is 1. The van der Waals surface area contributed by atoms with E-state index in [0.717, 1.165) is 0 Å². The number of morpholine rings is 1. The molecule has 0 amide bonds. The number of anilines is 1. The Hall–Kier alpha value is -3.43. The van der Waals surface area contributed by atoms with Gasteiger partial charge < -0.3 is 15.4 Å². The maximum Gasteiger partial charge on any atom is 0.241 e. The van der Waals surface area contributed by atoms with Crippen LogP contribution < -0.4 is 15.8 Å². The Balaban J connectivity index is 1.71. The molecule has 0 saturated carbocycles. The zero-order chi connectivity index (χ0) is 27.0. The van der Waals surface area contributed by atoms with E-state index in [1.54, 1.807) is 6.07 Å². The van der Waals surface area contributed by atoms with Gasteiger partial charge in [-0.2, -0.15) is 0 Å². The third-order valence-electron chi connectivity index (χ3n) is 5.87. The number of nitrogens with two attached hydrogens (primary N) is 2. The summed E-state index contributed by atoms with van der Waals surface area (Å²) in [6, 6.07) is 6.92. The van der Waals surface area contributed by atoms with Gasteiger partial charge in [-0.15, -0.1) is 0 Å². The Morgan fingerprint density at radius 3 is 2.45 bits per heavy atom. The zero-order valence-electron chi connectivity index (χ0n) is 19.7. The lowest BCUT2D eigenvalue weighted by atomic mass is 9.99. The summed E-state index contributed by atoms with van der Waals surface area (Å²) in [7, 11) is -4.61. The zero-order valence-corrected chi connectivity index (χ0v) is 21.3. The van der Waals surface area contributed by atoms with E-state index in [4.69, 9.17) is 20.6 Å². The van der Waals surface area contributed by atoms with Crippen LogP contribution in [0.25, 0.3) is 33.0 Å². The van der Waals surface area contributed by atoms with Crippen LogP contribution in [0.5, 0.6) is 0 Å². The lowest BCUT2D eigenvalue weighted by molar-refractivity contribution is 0.122. The number of sulfonamides is 1. The summed E-state index contributed by atoms with van der Waals surface area (Å²) in [5, 5.41) is 5.64. The molecule has 1 saturated heterocycles. The first-order valence-electron chi connectivity index (χ1n) is 11.3. The average molecular weight is 563 g/mol. The van der Waals surface area contributed by atoms with E-state index >= 15 is 8.78 Å². The van der Waals surface area contributed by atoms with Crippen molar-refractivity contribution in [3.8, 4) is 33.0 Å². The van der Waals surface area contributed by atoms with Crippen molar-refractivity contribution in [1.29, 1.82) is 0 Å². The quantitative estimate of drug-likeness (QED) is 0.365. The SMILES string of the molecule is NCc1nccc(-c2sc(N3CCOCC3)nc2-c2cccc(-c3cc(F)cc(S(N)(=O)=O)c3F)c2F)n1. The monoisotopic (exact) mass is 562 g/mol. The van der Waals surface area contributed by atoms with Crippen LogP contribution >= 0.6 is 11.3 Å². The summed E-state index contributed by atoms with van der Waals surface area (Å²) >= 11 is 1.29. The number of thiazole rings is 1. The number of hydrogen-bond acceptors (Lipinski definition) is 9. The van der Waals surface area contributed by atoms with E-state index in [9.17, 15) is 12.8 Å². The van der Waals surface area contributed by atoms with Gasteiger partial charge in [-0.05, 0) is 24.3 Å². The van der Waals surface area contributed by atoms with Crippen molar-refractivity contribution in [1.82, 2.24) is 15.0 Å². The van der Waals surface area contributed by atoms with Crippen molar-refractivity contribution in [2.75, 3.05) is 31.2 Å². The van der Waals surface area contributed by atoms with Crippen LogP contribution in [0.1, 0.15) is 5.82 Å². The molecule has 0 bridgehead atoms. The molecule has 3 heterocycles. The van der Waals surface area contributed by atoms with Gasteiger partial charge in [0.15, 0.2) is 10.9 Å². The molecule has 5 rings (SSSR count). The number of aromatic nitrogens is 3. The largest absolute Gasteiger partial charge is 0.378 e. The van der Waals surface area contributed by atoms with Crippen LogP contribution in [0.3, 0.4) is 0 Å². The summed E-state index contributed by atoms with van der Waals surface area (Å²) in [6.07, 6.45) is 1.53. The summed E-state index contributed by atoms with van der Waals surface area (Å²) in [4.78, 5) is 14.7. The lowest BCUT2D eigenvalue weighted by Gasteiger charge is -2.26. The second-order valence-electron chi connectivity index (χ2n) is 8.31. The van der Waals surface area contributed by atoms with E-state index in [-0.39, 0.29) is 23.4 Å². The Morgan fingerprint density at radius 2 is 1.74 bits per heavy atom. The molecule has 1 fully saturated rings. The first-order chi connectivity index (χ1) is 18.2. The first-order valence-corrected chi connectivity index (χ1v) is 13.7. The number of benzene rings is 2. The van der Waals surface area contributed by atoms with Gasteiger partial charge in [-0.1, -0.05) is 23.5 Å². The van der Waals surface area contributed by atoms with Gasteiger partial charge in [-0.3, -0.25) is 0 Å². The van der Waals surface area contributed by atoms with Gasteiger partial charge in [0.2, 0.25) is 10.0 Å². The Bertz CT molecular complexity index is 1620. The molecule has 0 atom stereocenters. The standard InChI is InChI=1S/C24H21F3N6O3S2/c25-13-10-16(21(27)18(11-13)38(29,34)35)14-2-1-3-15(20(14)26)22-23(17-4-5-30-19(12-28)31-17)37-24(32-22)33-6-8-36-9-7-33/h1-5,10-11H,6-9,12,28H2,(H2,29,34,35). The third kappa shape index (κ3) is 5.00. The molecule has 14 heteroatoms. The lowest BCUT2D eigenvalue weighted by Crippen LogP contribution is -2.36. The normalized spacial score (nSPS) is 14.2. The fraction of sp³-hybridized carbons (Fsp3) is 0.208. The molecule has 2 aromatic heterocycles. The van der Waals surface area contributed by atoms with E-state index in [1.165, 1.54) is 35.7 Å². The van der Waals surface area contributed by atoms with Crippen molar-refractivity contribution in [3.63, 3.8) is 0 Å². The van der Waals surface area contributed by atoms with Crippen LogP contribution in [-0.2, 0) is 21.3 Å². The van der Waals surface area contributed by atoms with E-state index < -0.39 is 37.9 Å². The molecule has 0 radical (unpaired) electrons. The van der Waals surface area contributed by atoms with Gasteiger partial charge >= 0.3 is 0 Å². The predicted octanol–water partition coefficient (Wildman–Crippen LogP) is 3.29. The number of ether oxygens (including phenoxy) is 1. The number of nitrogens with zero attached hydrogens (tertiary/aromatic N) is 4. The van der Waals surface area contributed by atoms with E-state index in [0.29, 0.717) is 60.0 Å². The highest BCUT2D eigenvalue weighted by molar-refractivity contribution is 7.89. The molecule has 0 unspecified atom stereocenters. The van der Waals surface area contributed by atoms with Crippen molar-refractivity contribution in [2.45, 2.75) is 11.4 Å². The van der Waals surface area contributed by atoms with Crippen molar-refractivity contribution in [3.05, 3.63) is 65.9 Å². The highest BCUT2D eigenvalue weighted by Gasteiger charge is 2.27. The summed E-state index contributed by atoms with van der Waals surface area (Å²) < 4.78 is 74.6. The van der Waals surface area contributed by atoms with Crippen molar-refractivity contribution >= 4 is 26.5 Å².